The van der Waals surface area contributed by atoms with E-state index < -0.39 is 0 Å². The van der Waals surface area contributed by atoms with Crippen LogP contribution in [-0.2, 0) is 18.0 Å². The maximum absolute atomic E-state index is 5.67. The fraction of sp³-hybridized carbons (Fsp3) is 0.333. The summed E-state index contributed by atoms with van der Waals surface area (Å²) in [6.07, 6.45) is 0. The summed E-state index contributed by atoms with van der Waals surface area (Å²) in [6.45, 7) is 3.06. The smallest absolute Gasteiger partial charge is 0.231 e. The number of fused-ring (bicyclic) bond motifs is 1. The van der Waals surface area contributed by atoms with Gasteiger partial charge in [-0.2, -0.15) is 0 Å². The summed E-state index contributed by atoms with van der Waals surface area (Å²) in [5, 5.41) is 3.01. The van der Waals surface area contributed by atoms with E-state index in [9.17, 15) is 0 Å². The Hall–Kier alpha value is -2.34. The van der Waals surface area contributed by atoms with Crippen LogP contribution in [0.1, 0.15) is 17.1 Å². The van der Waals surface area contributed by atoms with Gasteiger partial charge in [-0.05, 0) is 24.6 Å². The van der Waals surface area contributed by atoms with Crippen molar-refractivity contribution in [3.8, 4) is 11.5 Å². The highest BCUT2D eigenvalue weighted by atomic mass is 16.7. The third-order valence-corrected chi connectivity index (χ3v) is 3.09. The molecule has 0 amide bonds. The summed E-state index contributed by atoms with van der Waals surface area (Å²) in [4.78, 5) is 8.70. The molecule has 1 aliphatic heterocycles. The quantitative estimate of drug-likeness (QED) is 0.910. The van der Waals surface area contributed by atoms with Crippen molar-refractivity contribution >= 4 is 5.82 Å². The fourth-order valence-corrected chi connectivity index (χ4v) is 2.11. The maximum Gasteiger partial charge on any atom is 0.231 e. The van der Waals surface area contributed by atoms with Crippen LogP contribution < -0.4 is 14.8 Å². The van der Waals surface area contributed by atoms with Gasteiger partial charge in [-0.1, -0.05) is 6.07 Å². The molecule has 0 saturated carbocycles. The number of aromatic nitrogens is 2. The summed E-state index contributed by atoms with van der Waals surface area (Å²) < 4.78 is 16.3. The van der Waals surface area contributed by atoms with Gasteiger partial charge in [-0.15, -0.1) is 0 Å². The Balaban J connectivity index is 1.60. The topological polar surface area (TPSA) is 65.5 Å². The molecule has 0 radical (unpaired) electrons. The average molecular weight is 287 g/mol. The molecule has 1 aliphatic rings. The van der Waals surface area contributed by atoms with Gasteiger partial charge >= 0.3 is 0 Å². The van der Waals surface area contributed by atoms with Crippen LogP contribution in [-0.4, -0.2) is 23.8 Å². The SMILES string of the molecule is CNc1cc(C)nc(COCc2ccc3c(c2)OCO3)n1. The Kier molecular flexibility index (Phi) is 3.87. The highest BCUT2D eigenvalue weighted by Gasteiger charge is 2.13. The number of nitrogens with one attached hydrogen (secondary N) is 1. The standard InChI is InChI=1S/C15H17N3O3/c1-10-5-14(16-2)18-15(17-10)8-19-7-11-3-4-12-13(6-11)21-9-20-12/h3-6H,7-9H2,1-2H3,(H,16,17,18). The summed E-state index contributed by atoms with van der Waals surface area (Å²) >= 11 is 0. The van der Waals surface area contributed by atoms with E-state index in [4.69, 9.17) is 14.2 Å². The number of ether oxygens (including phenoxy) is 3. The van der Waals surface area contributed by atoms with E-state index in [2.05, 4.69) is 15.3 Å². The third-order valence-electron chi connectivity index (χ3n) is 3.09. The Morgan fingerprint density at radius 3 is 2.86 bits per heavy atom. The molecule has 0 saturated heterocycles. The molecule has 1 N–H and O–H groups in total. The summed E-state index contributed by atoms with van der Waals surface area (Å²) in [7, 11) is 1.83. The lowest BCUT2D eigenvalue weighted by Gasteiger charge is -2.07. The zero-order valence-corrected chi connectivity index (χ0v) is 12.0. The number of rotatable bonds is 5. The molecule has 0 bridgehead atoms. The second-order valence-electron chi connectivity index (χ2n) is 4.74. The molecule has 110 valence electrons. The highest BCUT2D eigenvalue weighted by Crippen LogP contribution is 2.32. The van der Waals surface area contributed by atoms with Gasteiger partial charge in [0.1, 0.15) is 12.4 Å². The van der Waals surface area contributed by atoms with Crippen molar-refractivity contribution in [1.82, 2.24) is 9.97 Å². The summed E-state index contributed by atoms with van der Waals surface area (Å²) in [6, 6.07) is 7.67. The van der Waals surface area contributed by atoms with E-state index in [1.165, 1.54) is 0 Å². The molecule has 0 aliphatic carbocycles. The molecule has 2 heterocycles. The lowest BCUT2D eigenvalue weighted by atomic mass is 10.2. The Bertz CT molecular complexity index is 646. The Labute approximate surface area is 123 Å². The first-order chi connectivity index (χ1) is 10.2. The van der Waals surface area contributed by atoms with Gasteiger partial charge in [0.05, 0.1) is 6.61 Å². The highest BCUT2D eigenvalue weighted by molar-refractivity contribution is 5.44. The second-order valence-corrected chi connectivity index (χ2v) is 4.74. The van der Waals surface area contributed by atoms with Crippen LogP contribution in [0.2, 0.25) is 0 Å². The lowest BCUT2D eigenvalue weighted by molar-refractivity contribution is 0.101. The van der Waals surface area contributed by atoms with E-state index in [-0.39, 0.29) is 6.79 Å². The summed E-state index contributed by atoms with van der Waals surface area (Å²) in [5.41, 5.74) is 1.94. The van der Waals surface area contributed by atoms with Crippen LogP contribution in [0.25, 0.3) is 0 Å². The van der Waals surface area contributed by atoms with Gasteiger partial charge in [0.2, 0.25) is 6.79 Å². The number of anilines is 1. The van der Waals surface area contributed by atoms with E-state index >= 15 is 0 Å². The van der Waals surface area contributed by atoms with Crippen molar-refractivity contribution in [1.29, 1.82) is 0 Å². The van der Waals surface area contributed by atoms with Gasteiger partial charge in [0.15, 0.2) is 17.3 Å². The second kappa shape index (κ2) is 5.97. The molecule has 21 heavy (non-hydrogen) atoms. The normalized spacial score (nSPS) is 12.5. The minimum Gasteiger partial charge on any atom is -0.454 e. The molecule has 0 atom stereocenters. The first kappa shape index (κ1) is 13.6. The molecule has 6 heteroatoms. The third kappa shape index (κ3) is 3.22. The van der Waals surface area contributed by atoms with Crippen molar-refractivity contribution in [2.45, 2.75) is 20.1 Å². The van der Waals surface area contributed by atoms with Gasteiger partial charge < -0.3 is 19.5 Å². The predicted molar refractivity (Wildman–Crippen MR) is 77.4 cm³/mol. The molecule has 0 spiro atoms. The molecule has 6 nitrogen and oxygen atoms in total. The predicted octanol–water partition coefficient (Wildman–Crippen LogP) is 2.27. The Morgan fingerprint density at radius 2 is 2.00 bits per heavy atom. The monoisotopic (exact) mass is 287 g/mol. The molecule has 2 aromatic rings. The molecular weight excluding hydrogens is 270 g/mol. The molecule has 0 fully saturated rings. The van der Waals surface area contributed by atoms with Crippen LogP contribution in [0, 0.1) is 6.92 Å². The van der Waals surface area contributed by atoms with E-state index in [0.29, 0.717) is 19.0 Å². The van der Waals surface area contributed by atoms with Gasteiger partial charge in [0, 0.05) is 18.8 Å². The minimum absolute atomic E-state index is 0.281. The number of nitrogens with zero attached hydrogens (tertiary/aromatic N) is 2. The number of benzene rings is 1. The first-order valence-corrected chi connectivity index (χ1v) is 6.73. The first-order valence-electron chi connectivity index (χ1n) is 6.73. The molecular formula is C15H17N3O3. The van der Waals surface area contributed by atoms with Gasteiger partial charge in [0.25, 0.3) is 0 Å². The molecule has 1 aromatic heterocycles. The van der Waals surface area contributed by atoms with Crippen LogP contribution >= 0.6 is 0 Å². The van der Waals surface area contributed by atoms with Crippen LogP contribution in [0.15, 0.2) is 24.3 Å². The molecule has 3 rings (SSSR count). The van der Waals surface area contributed by atoms with Crippen molar-refractivity contribution in [3.63, 3.8) is 0 Å². The number of hydrogen-bond acceptors (Lipinski definition) is 6. The number of aryl methyl sites for hydroxylation is 1. The van der Waals surface area contributed by atoms with E-state index in [1.54, 1.807) is 0 Å². The van der Waals surface area contributed by atoms with Crippen LogP contribution in [0.4, 0.5) is 5.82 Å². The summed E-state index contributed by atoms with van der Waals surface area (Å²) in [5.74, 6) is 3.00. The maximum atomic E-state index is 5.67. The van der Waals surface area contributed by atoms with E-state index in [1.807, 2.05) is 38.2 Å². The van der Waals surface area contributed by atoms with Crippen LogP contribution in [0.3, 0.4) is 0 Å². The number of hydrogen-bond donors (Lipinski definition) is 1. The van der Waals surface area contributed by atoms with Gasteiger partial charge in [-0.25, -0.2) is 9.97 Å². The molecule has 1 aromatic carbocycles. The van der Waals surface area contributed by atoms with Crippen molar-refractivity contribution in [2.75, 3.05) is 19.2 Å². The van der Waals surface area contributed by atoms with E-state index in [0.717, 1.165) is 28.6 Å². The average Bonchev–Trinajstić information content (AvgIpc) is 2.94. The van der Waals surface area contributed by atoms with Crippen molar-refractivity contribution in [3.05, 3.63) is 41.3 Å². The van der Waals surface area contributed by atoms with Gasteiger partial charge in [-0.3, -0.25) is 0 Å². The van der Waals surface area contributed by atoms with Crippen molar-refractivity contribution in [2.24, 2.45) is 0 Å². The van der Waals surface area contributed by atoms with Crippen molar-refractivity contribution < 1.29 is 14.2 Å². The largest absolute Gasteiger partial charge is 0.454 e. The Morgan fingerprint density at radius 1 is 1.14 bits per heavy atom. The van der Waals surface area contributed by atoms with Crippen LogP contribution in [0.5, 0.6) is 11.5 Å². The zero-order chi connectivity index (χ0) is 14.7. The zero-order valence-electron chi connectivity index (χ0n) is 12.0. The lowest BCUT2D eigenvalue weighted by Crippen LogP contribution is -2.04. The fourth-order valence-electron chi connectivity index (χ4n) is 2.11. The minimum atomic E-state index is 0.281. The molecule has 0 unspecified atom stereocenters.